The molecule has 0 aromatic heterocycles. The number of hydrogen-bond acceptors (Lipinski definition) is 3. The Labute approximate surface area is 125 Å². The van der Waals surface area contributed by atoms with Gasteiger partial charge in [-0.3, -0.25) is 4.72 Å². The van der Waals surface area contributed by atoms with Gasteiger partial charge in [0.1, 0.15) is 4.99 Å². The summed E-state index contributed by atoms with van der Waals surface area (Å²) in [5.41, 5.74) is 3.53. The molecule has 118 valence electrons. The molecule has 0 fully saturated rings. The maximum Gasteiger partial charge on any atom is 0.417 e. The number of rotatable bonds is 5. The number of hydrogen-bond donors (Lipinski definition) is 3. The minimum absolute atomic E-state index is 0.240. The molecule has 0 spiro atoms. The number of halogens is 3. The summed E-state index contributed by atoms with van der Waals surface area (Å²) < 4.78 is 66.2. The van der Waals surface area contributed by atoms with E-state index in [4.69, 9.17) is 5.73 Å². The highest BCUT2D eigenvalue weighted by Crippen LogP contribution is 2.34. The third-order valence-corrected chi connectivity index (χ3v) is 3.74. The highest BCUT2D eigenvalue weighted by Gasteiger charge is 2.34. The van der Waals surface area contributed by atoms with Gasteiger partial charge in [0.2, 0.25) is 0 Å². The molecule has 0 atom stereocenters. The van der Waals surface area contributed by atoms with Gasteiger partial charge in [0.05, 0.1) is 11.3 Å². The molecule has 10 heteroatoms. The van der Waals surface area contributed by atoms with Crippen LogP contribution in [0.4, 0.5) is 18.9 Å². The van der Waals surface area contributed by atoms with Crippen molar-refractivity contribution in [1.29, 1.82) is 0 Å². The second-order valence-corrected chi connectivity index (χ2v) is 6.39. The smallest absolute Gasteiger partial charge is 0.389 e. The van der Waals surface area contributed by atoms with Crippen LogP contribution in [-0.4, -0.2) is 19.4 Å². The molecule has 0 bridgehead atoms. The molecular formula is C11H14F3N3O2S2. The van der Waals surface area contributed by atoms with Crippen LogP contribution in [0.3, 0.4) is 0 Å². The standard InChI is InChI=1S/C11H14F3N3O2S2/c1-6(2)16-21(18,19)17-7-3-4-8(10(15)20)9(5-7)11(12,13)14/h3-6,16-17H,1-2H3,(H2,15,20). The number of nitrogens with one attached hydrogen (secondary N) is 2. The lowest BCUT2D eigenvalue weighted by molar-refractivity contribution is -0.137. The summed E-state index contributed by atoms with van der Waals surface area (Å²) in [5, 5.41) is 0. The largest absolute Gasteiger partial charge is 0.417 e. The van der Waals surface area contributed by atoms with Crippen molar-refractivity contribution in [2.75, 3.05) is 4.72 Å². The Morgan fingerprint density at radius 2 is 1.90 bits per heavy atom. The molecule has 0 aliphatic heterocycles. The van der Waals surface area contributed by atoms with E-state index in [0.29, 0.717) is 6.07 Å². The highest BCUT2D eigenvalue weighted by molar-refractivity contribution is 7.90. The van der Waals surface area contributed by atoms with Crippen LogP contribution in [0.1, 0.15) is 25.0 Å². The summed E-state index contributed by atoms with van der Waals surface area (Å²) in [6.45, 7) is 3.16. The van der Waals surface area contributed by atoms with Crippen LogP contribution in [0.5, 0.6) is 0 Å². The molecule has 4 N–H and O–H groups in total. The van der Waals surface area contributed by atoms with Crippen LogP contribution in [0.25, 0.3) is 0 Å². The zero-order chi connectivity index (χ0) is 16.4. The lowest BCUT2D eigenvalue weighted by Crippen LogP contribution is -2.35. The predicted molar refractivity (Wildman–Crippen MR) is 78.1 cm³/mol. The monoisotopic (exact) mass is 341 g/mol. The van der Waals surface area contributed by atoms with Crippen LogP contribution in [0.15, 0.2) is 18.2 Å². The van der Waals surface area contributed by atoms with E-state index in [2.05, 4.69) is 16.9 Å². The Morgan fingerprint density at radius 3 is 2.33 bits per heavy atom. The lowest BCUT2D eigenvalue weighted by atomic mass is 10.1. The maximum atomic E-state index is 12.9. The Hall–Kier alpha value is -1.39. The molecular weight excluding hydrogens is 327 g/mol. The Bertz CT molecular complexity index is 643. The Kier molecular flexibility index (Phi) is 5.18. The van der Waals surface area contributed by atoms with E-state index in [0.717, 1.165) is 12.1 Å². The number of anilines is 1. The number of thiocarbonyl (C=S) groups is 1. The molecule has 0 unspecified atom stereocenters. The fraction of sp³-hybridized carbons (Fsp3) is 0.364. The summed E-state index contributed by atoms with van der Waals surface area (Å²) in [7, 11) is -3.96. The first-order chi connectivity index (χ1) is 9.42. The molecule has 0 radical (unpaired) electrons. The van der Waals surface area contributed by atoms with E-state index in [1.54, 1.807) is 13.8 Å². The van der Waals surface area contributed by atoms with Crippen molar-refractivity contribution < 1.29 is 21.6 Å². The number of benzene rings is 1. The molecule has 0 heterocycles. The number of nitrogens with two attached hydrogens (primary N) is 1. The lowest BCUT2D eigenvalue weighted by Gasteiger charge is -2.16. The summed E-state index contributed by atoms with van der Waals surface area (Å²) in [6.07, 6.45) is -4.70. The second-order valence-electron chi connectivity index (χ2n) is 4.50. The van der Waals surface area contributed by atoms with Crippen LogP contribution < -0.4 is 15.2 Å². The van der Waals surface area contributed by atoms with Gasteiger partial charge in [0.25, 0.3) is 10.2 Å². The predicted octanol–water partition coefficient (Wildman–Crippen LogP) is 1.99. The zero-order valence-corrected chi connectivity index (χ0v) is 12.8. The van der Waals surface area contributed by atoms with Crippen molar-refractivity contribution in [2.24, 2.45) is 5.73 Å². The van der Waals surface area contributed by atoms with Gasteiger partial charge in [-0.05, 0) is 32.0 Å². The van der Waals surface area contributed by atoms with E-state index in [1.165, 1.54) is 0 Å². The minimum atomic E-state index is -4.70. The van der Waals surface area contributed by atoms with E-state index in [9.17, 15) is 21.6 Å². The fourth-order valence-electron chi connectivity index (χ4n) is 1.55. The quantitative estimate of drug-likeness (QED) is 0.715. The summed E-state index contributed by atoms with van der Waals surface area (Å²) in [6, 6.07) is 2.43. The molecule has 0 aliphatic carbocycles. The summed E-state index contributed by atoms with van der Waals surface area (Å²) >= 11 is 4.56. The topological polar surface area (TPSA) is 84.2 Å². The van der Waals surface area contributed by atoms with Crippen molar-refractivity contribution in [1.82, 2.24) is 4.72 Å². The molecule has 0 saturated heterocycles. The highest BCUT2D eigenvalue weighted by atomic mass is 32.2. The van der Waals surface area contributed by atoms with Crippen molar-refractivity contribution in [3.8, 4) is 0 Å². The average Bonchev–Trinajstić information content (AvgIpc) is 2.24. The third kappa shape index (κ3) is 5.14. The van der Waals surface area contributed by atoms with Gasteiger partial charge in [-0.2, -0.15) is 26.3 Å². The minimum Gasteiger partial charge on any atom is -0.389 e. The zero-order valence-electron chi connectivity index (χ0n) is 11.2. The molecule has 0 saturated carbocycles. The molecule has 0 amide bonds. The van der Waals surface area contributed by atoms with Gasteiger partial charge in [0, 0.05) is 11.6 Å². The Morgan fingerprint density at radius 1 is 1.33 bits per heavy atom. The van der Waals surface area contributed by atoms with Crippen LogP contribution >= 0.6 is 12.2 Å². The van der Waals surface area contributed by atoms with Crippen LogP contribution in [0, 0.1) is 0 Å². The van der Waals surface area contributed by atoms with Crippen molar-refractivity contribution in [3.05, 3.63) is 29.3 Å². The van der Waals surface area contributed by atoms with Gasteiger partial charge in [-0.1, -0.05) is 12.2 Å². The van der Waals surface area contributed by atoms with Crippen molar-refractivity contribution >= 4 is 33.1 Å². The van der Waals surface area contributed by atoms with E-state index in [1.807, 2.05) is 4.72 Å². The summed E-state index contributed by atoms with van der Waals surface area (Å²) in [4.78, 5) is -0.419. The van der Waals surface area contributed by atoms with Crippen LogP contribution in [-0.2, 0) is 16.4 Å². The van der Waals surface area contributed by atoms with Crippen molar-refractivity contribution in [3.63, 3.8) is 0 Å². The van der Waals surface area contributed by atoms with E-state index in [-0.39, 0.29) is 11.3 Å². The van der Waals surface area contributed by atoms with E-state index >= 15 is 0 Å². The van der Waals surface area contributed by atoms with Gasteiger partial charge in [-0.25, -0.2) is 0 Å². The normalized spacial score (nSPS) is 12.5. The van der Waals surface area contributed by atoms with Gasteiger partial charge in [0.15, 0.2) is 0 Å². The molecule has 0 aliphatic rings. The first-order valence-corrected chi connectivity index (χ1v) is 7.62. The second kappa shape index (κ2) is 6.16. The first-order valence-electron chi connectivity index (χ1n) is 5.73. The molecule has 21 heavy (non-hydrogen) atoms. The Balaban J connectivity index is 3.21. The fourth-order valence-corrected chi connectivity index (χ4v) is 2.85. The maximum absolute atomic E-state index is 12.9. The third-order valence-electron chi connectivity index (χ3n) is 2.23. The first kappa shape index (κ1) is 17.7. The van der Waals surface area contributed by atoms with Crippen molar-refractivity contribution in [2.45, 2.75) is 26.1 Å². The molecule has 1 aromatic carbocycles. The SMILES string of the molecule is CC(C)NS(=O)(=O)Nc1ccc(C(N)=S)c(C(F)(F)F)c1. The molecule has 1 rings (SSSR count). The molecule has 5 nitrogen and oxygen atoms in total. The average molecular weight is 341 g/mol. The van der Waals surface area contributed by atoms with Gasteiger partial charge in [-0.15, -0.1) is 0 Å². The summed E-state index contributed by atoms with van der Waals surface area (Å²) in [5.74, 6) is 0. The van der Waals surface area contributed by atoms with E-state index < -0.39 is 33.0 Å². The van der Waals surface area contributed by atoms with Gasteiger partial charge >= 0.3 is 6.18 Å². The van der Waals surface area contributed by atoms with Gasteiger partial charge < -0.3 is 5.73 Å². The van der Waals surface area contributed by atoms with Crippen LogP contribution in [0.2, 0.25) is 0 Å². The molecule has 1 aromatic rings. The number of alkyl halides is 3.